The lowest BCUT2D eigenvalue weighted by molar-refractivity contribution is -0.138. The number of carboxylic acids is 2. The Kier molecular flexibility index (Phi) is 5.86. The third kappa shape index (κ3) is 5.54. The van der Waals surface area contributed by atoms with E-state index in [9.17, 15) is 9.59 Å². The van der Waals surface area contributed by atoms with Crippen molar-refractivity contribution in [3.8, 4) is 0 Å². The Labute approximate surface area is 134 Å². The summed E-state index contributed by atoms with van der Waals surface area (Å²) in [5.41, 5.74) is 3.57. The van der Waals surface area contributed by atoms with Crippen LogP contribution in [0.2, 0.25) is 0 Å². The molecule has 1 aliphatic rings. The van der Waals surface area contributed by atoms with Gasteiger partial charge in [0.1, 0.15) is 0 Å². The predicted octanol–water partition coefficient (Wildman–Crippen LogP) is 3.53. The SMILES string of the molecule is O=C(O)CCC1=CC=CC(=Nc2ccccc2CCC(=O)O)C1. The number of carboxylic acid groups (broad SMARTS) is 2. The second-order valence-electron chi connectivity index (χ2n) is 5.38. The summed E-state index contributed by atoms with van der Waals surface area (Å²) in [5, 5.41) is 17.6. The minimum absolute atomic E-state index is 0.0709. The Morgan fingerprint density at radius 2 is 1.74 bits per heavy atom. The number of benzene rings is 1. The number of hydrogen-bond donors (Lipinski definition) is 2. The monoisotopic (exact) mass is 313 g/mol. The van der Waals surface area contributed by atoms with Gasteiger partial charge in [0.2, 0.25) is 0 Å². The zero-order chi connectivity index (χ0) is 16.7. The minimum Gasteiger partial charge on any atom is -0.481 e. The fraction of sp³-hybridized carbons (Fsp3) is 0.278. The zero-order valence-corrected chi connectivity index (χ0v) is 12.7. The Morgan fingerprint density at radius 3 is 2.48 bits per heavy atom. The summed E-state index contributed by atoms with van der Waals surface area (Å²) in [6.07, 6.45) is 7.46. The number of hydrogen-bond acceptors (Lipinski definition) is 3. The first-order valence-electron chi connectivity index (χ1n) is 7.50. The third-order valence-electron chi connectivity index (χ3n) is 3.55. The fourth-order valence-electron chi connectivity index (χ4n) is 2.39. The largest absolute Gasteiger partial charge is 0.481 e. The number of aliphatic carboxylic acids is 2. The normalized spacial score (nSPS) is 15.5. The molecular formula is C18H19NO4. The van der Waals surface area contributed by atoms with E-state index in [4.69, 9.17) is 10.2 Å². The molecule has 0 aliphatic heterocycles. The average molecular weight is 313 g/mol. The van der Waals surface area contributed by atoms with Gasteiger partial charge in [-0.15, -0.1) is 0 Å². The number of aryl methyl sites for hydroxylation is 1. The zero-order valence-electron chi connectivity index (χ0n) is 12.7. The number of rotatable bonds is 7. The van der Waals surface area contributed by atoms with Crippen LogP contribution < -0.4 is 0 Å². The van der Waals surface area contributed by atoms with Crippen molar-refractivity contribution in [2.45, 2.75) is 32.1 Å². The molecule has 2 rings (SSSR count). The lowest BCUT2D eigenvalue weighted by atomic mass is 9.98. The highest BCUT2D eigenvalue weighted by molar-refractivity contribution is 5.99. The molecule has 1 aromatic rings. The van der Waals surface area contributed by atoms with E-state index in [-0.39, 0.29) is 12.8 Å². The second kappa shape index (κ2) is 8.08. The van der Waals surface area contributed by atoms with Crippen LogP contribution >= 0.6 is 0 Å². The van der Waals surface area contributed by atoms with Crippen molar-refractivity contribution in [1.82, 2.24) is 0 Å². The van der Waals surface area contributed by atoms with Crippen LogP contribution in [0, 0.1) is 0 Å². The van der Waals surface area contributed by atoms with E-state index in [1.54, 1.807) is 0 Å². The highest BCUT2D eigenvalue weighted by Gasteiger charge is 2.09. The van der Waals surface area contributed by atoms with Crippen molar-refractivity contribution in [3.63, 3.8) is 0 Å². The van der Waals surface area contributed by atoms with Crippen LogP contribution in [0.1, 0.15) is 31.2 Å². The molecule has 1 aromatic carbocycles. The van der Waals surface area contributed by atoms with Gasteiger partial charge in [-0.25, -0.2) is 0 Å². The smallest absolute Gasteiger partial charge is 0.303 e. The van der Waals surface area contributed by atoms with Crippen LogP contribution in [-0.2, 0) is 16.0 Å². The Morgan fingerprint density at radius 1 is 1.04 bits per heavy atom. The first-order valence-corrected chi connectivity index (χ1v) is 7.50. The van der Waals surface area contributed by atoms with Crippen molar-refractivity contribution in [2.75, 3.05) is 0 Å². The maximum absolute atomic E-state index is 10.7. The third-order valence-corrected chi connectivity index (χ3v) is 3.55. The summed E-state index contributed by atoms with van der Waals surface area (Å²) in [5.74, 6) is -1.64. The highest BCUT2D eigenvalue weighted by Crippen LogP contribution is 2.24. The summed E-state index contributed by atoms with van der Waals surface area (Å²) >= 11 is 0. The van der Waals surface area contributed by atoms with Crippen molar-refractivity contribution in [2.24, 2.45) is 4.99 Å². The molecule has 0 bridgehead atoms. The van der Waals surface area contributed by atoms with E-state index in [0.717, 1.165) is 22.5 Å². The summed E-state index contributed by atoms with van der Waals surface area (Å²) in [6.45, 7) is 0. The maximum atomic E-state index is 10.7. The van der Waals surface area contributed by atoms with Crippen molar-refractivity contribution >= 4 is 23.3 Å². The molecule has 0 saturated heterocycles. The van der Waals surface area contributed by atoms with E-state index < -0.39 is 11.9 Å². The summed E-state index contributed by atoms with van der Waals surface area (Å²) in [7, 11) is 0. The van der Waals surface area contributed by atoms with Gasteiger partial charge in [-0.1, -0.05) is 35.9 Å². The van der Waals surface area contributed by atoms with E-state index in [2.05, 4.69) is 4.99 Å². The summed E-state index contributed by atoms with van der Waals surface area (Å²) in [6, 6.07) is 7.50. The van der Waals surface area contributed by atoms with Crippen molar-refractivity contribution in [1.29, 1.82) is 0 Å². The molecule has 5 heteroatoms. The molecule has 0 radical (unpaired) electrons. The molecule has 0 spiro atoms. The van der Waals surface area contributed by atoms with Crippen LogP contribution in [0.4, 0.5) is 5.69 Å². The van der Waals surface area contributed by atoms with Crippen molar-refractivity contribution < 1.29 is 19.8 Å². The molecule has 2 N–H and O–H groups in total. The van der Waals surface area contributed by atoms with Gasteiger partial charge in [0.25, 0.3) is 0 Å². The van der Waals surface area contributed by atoms with Crippen LogP contribution in [0.15, 0.2) is 53.1 Å². The number of allylic oxidation sites excluding steroid dienone is 4. The quantitative estimate of drug-likeness (QED) is 0.806. The van der Waals surface area contributed by atoms with Gasteiger partial charge in [-0.3, -0.25) is 14.6 Å². The van der Waals surface area contributed by atoms with Gasteiger partial charge < -0.3 is 10.2 Å². The van der Waals surface area contributed by atoms with Gasteiger partial charge in [-0.2, -0.15) is 0 Å². The number of nitrogens with zero attached hydrogens (tertiary/aromatic N) is 1. The first-order chi connectivity index (χ1) is 11.0. The lowest BCUT2D eigenvalue weighted by Gasteiger charge is -2.11. The van der Waals surface area contributed by atoms with Gasteiger partial charge in [-0.05, 0) is 30.5 Å². The van der Waals surface area contributed by atoms with Crippen LogP contribution in [0.25, 0.3) is 0 Å². The molecule has 0 aromatic heterocycles. The van der Waals surface area contributed by atoms with E-state index >= 15 is 0 Å². The summed E-state index contributed by atoms with van der Waals surface area (Å²) < 4.78 is 0. The predicted molar refractivity (Wildman–Crippen MR) is 88.2 cm³/mol. The Hall–Kier alpha value is -2.69. The molecule has 5 nitrogen and oxygen atoms in total. The van der Waals surface area contributed by atoms with Crippen molar-refractivity contribution in [3.05, 3.63) is 53.6 Å². The van der Waals surface area contributed by atoms with Gasteiger partial charge in [0.05, 0.1) is 5.69 Å². The standard InChI is InChI=1S/C18H19NO4/c20-17(21)10-8-13-4-3-6-15(12-13)19-16-7-2-1-5-14(16)9-11-18(22)23/h1-7H,8-12H2,(H,20,21)(H,22,23). The number of para-hydroxylation sites is 1. The lowest BCUT2D eigenvalue weighted by Crippen LogP contribution is -2.03. The van der Waals surface area contributed by atoms with Gasteiger partial charge >= 0.3 is 11.9 Å². The second-order valence-corrected chi connectivity index (χ2v) is 5.38. The first kappa shape index (κ1) is 16.7. The molecule has 0 atom stereocenters. The molecule has 0 heterocycles. The average Bonchev–Trinajstić information content (AvgIpc) is 2.52. The number of aliphatic imine (C=N–C) groups is 1. The van der Waals surface area contributed by atoms with E-state index in [0.29, 0.717) is 19.3 Å². The molecular weight excluding hydrogens is 294 g/mol. The highest BCUT2D eigenvalue weighted by atomic mass is 16.4. The summed E-state index contributed by atoms with van der Waals surface area (Å²) in [4.78, 5) is 26.0. The number of carbonyl (C=O) groups is 2. The van der Waals surface area contributed by atoms with E-state index in [1.165, 1.54) is 0 Å². The minimum atomic E-state index is -0.830. The van der Waals surface area contributed by atoms with Crippen LogP contribution in [0.3, 0.4) is 0 Å². The molecule has 0 fully saturated rings. The Balaban J connectivity index is 2.10. The molecule has 0 saturated carbocycles. The Bertz CT molecular complexity index is 686. The van der Waals surface area contributed by atoms with E-state index in [1.807, 2.05) is 42.5 Å². The molecule has 0 amide bonds. The fourth-order valence-corrected chi connectivity index (χ4v) is 2.39. The molecule has 1 aliphatic carbocycles. The molecule has 120 valence electrons. The topological polar surface area (TPSA) is 87.0 Å². The molecule has 0 unspecified atom stereocenters. The van der Waals surface area contributed by atoms with Gasteiger partial charge in [0.15, 0.2) is 0 Å². The molecule has 23 heavy (non-hydrogen) atoms. The van der Waals surface area contributed by atoms with Crippen LogP contribution in [-0.4, -0.2) is 27.9 Å². The van der Waals surface area contributed by atoms with Crippen LogP contribution in [0.5, 0.6) is 0 Å². The van der Waals surface area contributed by atoms with Gasteiger partial charge in [0, 0.05) is 25.0 Å². The maximum Gasteiger partial charge on any atom is 0.303 e.